The first-order chi connectivity index (χ1) is 6.93. The monoisotopic (exact) mass is 291 g/mol. The van der Waals surface area contributed by atoms with Crippen LogP contribution in [0.15, 0.2) is 0 Å². The standard InChI is InChI=1S/4C2H4O2.Mn/c4*1-2(3)4;/h4*1H3,(H,3,4);/q;;;;+4/p-4. The number of rotatable bonds is 0. The number of carbonyl (C=O) groups excluding carboxylic acids is 4. The predicted molar refractivity (Wildman–Crippen MR) is 42.7 cm³/mol. The molecule has 0 aromatic rings. The van der Waals surface area contributed by atoms with Crippen molar-refractivity contribution in [2.75, 3.05) is 0 Å². The molecule has 0 unspecified atom stereocenters. The van der Waals surface area contributed by atoms with E-state index in [1.807, 2.05) is 0 Å². The summed E-state index contributed by atoms with van der Waals surface area (Å²) >= 11 is 0. The molecular weight excluding hydrogens is 279 g/mol. The zero-order valence-electron chi connectivity index (χ0n) is 9.64. The van der Waals surface area contributed by atoms with Crippen molar-refractivity contribution in [3.8, 4) is 0 Å². The van der Waals surface area contributed by atoms with Gasteiger partial charge in [0.1, 0.15) is 0 Å². The molecule has 9 heteroatoms. The Morgan fingerprint density at radius 3 is 0.529 bits per heavy atom. The molecule has 0 aliphatic rings. The SMILES string of the molecule is CC(=O)[O-].CC(=O)[O-].CC(=O)[O-].CC(=O)[O-].[Mn+4]. The van der Waals surface area contributed by atoms with Crippen LogP contribution in [0, 0.1) is 0 Å². The Morgan fingerprint density at radius 2 is 0.529 bits per heavy atom. The van der Waals surface area contributed by atoms with Gasteiger partial charge in [-0.1, -0.05) is 0 Å². The average Bonchev–Trinajstić information content (AvgIpc) is 1.76. The van der Waals surface area contributed by atoms with E-state index in [2.05, 4.69) is 0 Å². The molecule has 0 amide bonds. The smallest absolute Gasteiger partial charge is 0.550 e. The maximum absolute atomic E-state index is 8.89. The van der Waals surface area contributed by atoms with Gasteiger partial charge in [-0.2, -0.15) is 0 Å². The van der Waals surface area contributed by atoms with Gasteiger partial charge in [-0.3, -0.25) is 0 Å². The summed E-state index contributed by atoms with van der Waals surface area (Å²) in [6.45, 7) is 3.89. The first-order valence-electron chi connectivity index (χ1n) is 3.63. The number of carboxylic acids is 4. The molecule has 0 aromatic heterocycles. The van der Waals surface area contributed by atoms with Crippen LogP contribution in [0.3, 0.4) is 0 Å². The minimum absolute atomic E-state index is 0. The van der Waals surface area contributed by atoms with E-state index in [1.54, 1.807) is 0 Å². The normalized spacial score (nSPS) is 5.88. The molecule has 0 atom stereocenters. The van der Waals surface area contributed by atoms with E-state index in [9.17, 15) is 0 Å². The van der Waals surface area contributed by atoms with E-state index in [4.69, 9.17) is 39.6 Å². The molecule has 0 N–H and O–H groups in total. The molecule has 0 saturated heterocycles. The van der Waals surface area contributed by atoms with E-state index in [-0.39, 0.29) is 17.1 Å². The molecule has 8 nitrogen and oxygen atoms in total. The first-order valence-corrected chi connectivity index (χ1v) is 3.63. The van der Waals surface area contributed by atoms with Crippen LogP contribution >= 0.6 is 0 Å². The van der Waals surface area contributed by atoms with Crippen LogP contribution in [0.4, 0.5) is 0 Å². The van der Waals surface area contributed by atoms with Crippen molar-refractivity contribution in [3.63, 3.8) is 0 Å². The van der Waals surface area contributed by atoms with Crippen molar-refractivity contribution in [1.82, 2.24) is 0 Å². The molecule has 0 spiro atoms. The maximum atomic E-state index is 8.89. The fraction of sp³-hybridized carbons (Fsp3) is 0.500. The Kier molecular flexibility index (Phi) is 41.5. The molecule has 0 fully saturated rings. The molecule has 0 saturated carbocycles. The zero-order valence-corrected chi connectivity index (χ0v) is 10.8. The van der Waals surface area contributed by atoms with Crippen molar-refractivity contribution < 1.29 is 56.7 Å². The maximum Gasteiger partial charge on any atom is 4.00 e. The summed E-state index contributed by atoms with van der Waals surface area (Å²) in [4.78, 5) is 35.6. The van der Waals surface area contributed by atoms with Gasteiger partial charge in [-0.15, -0.1) is 0 Å². The fourth-order valence-electron chi connectivity index (χ4n) is 0. The second-order valence-corrected chi connectivity index (χ2v) is 1.97. The second-order valence-electron chi connectivity index (χ2n) is 1.97. The van der Waals surface area contributed by atoms with Crippen LogP contribution in [0.25, 0.3) is 0 Å². The van der Waals surface area contributed by atoms with Gasteiger partial charge in [0.25, 0.3) is 0 Å². The van der Waals surface area contributed by atoms with Crippen LogP contribution in [-0.4, -0.2) is 23.9 Å². The van der Waals surface area contributed by atoms with E-state index < -0.39 is 23.9 Å². The summed E-state index contributed by atoms with van der Waals surface area (Å²) in [6, 6.07) is 0. The van der Waals surface area contributed by atoms with E-state index >= 15 is 0 Å². The van der Waals surface area contributed by atoms with E-state index in [1.165, 1.54) is 0 Å². The Balaban J connectivity index is -0.0000000369. The fourth-order valence-corrected chi connectivity index (χ4v) is 0. The molecule has 99 valence electrons. The number of hydrogen-bond acceptors (Lipinski definition) is 8. The van der Waals surface area contributed by atoms with Crippen molar-refractivity contribution in [3.05, 3.63) is 0 Å². The summed E-state index contributed by atoms with van der Waals surface area (Å²) in [5, 5.41) is 35.6. The quantitative estimate of drug-likeness (QED) is 0.401. The Morgan fingerprint density at radius 1 is 0.529 bits per heavy atom. The minimum atomic E-state index is -1.08. The van der Waals surface area contributed by atoms with Gasteiger partial charge < -0.3 is 39.6 Å². The van der Waals surface area contributed by atoms with Gasteiger partial charge >= 0.3 is 17.1 Å². The van der Waals surface area contributed by atoms with Crippen LogP contribution in [0.5, 0.6) is 0 Å². The molecule has 0 rings (SSSR count). The van der Waals surface area contributed by atoms with Gasteiger partial charge in [-0.05, 0) is 27.7 Å². The Labute approximate surface area is 109 Å². The molecule has 1 radical (unpaired) electrons. The molecule has 0 bridgehead atoms. The summed E-state index contributed by atoms with van der Waals surface area (Å²) in [5.74, 6) is -4.33. The summed E-state index contributed by atoms with van der Waals surface area (Å²) in [6.07, 6.45) is 0. The summed E-state index contributed by atoms with van der Waals surface area (Å²) in [5.41, 5.74) is 0. The van der Waals surface area contributed by atoms with Gasteiger partial charge in [0.2, 0.25) is 0 Å². The van der Waals surface area contributed by atoms with Crippen molar-refractivity contribution in [2.45, 2.75) is 27.7 Å². The predicted octanol–water partition coefficient (Wildman–Crippen LogP) is -4.98. The van der Waals surface area contributed by atoms with Crippen LogP contribution in [-0.2, 0) is 36.2 Å². The average molecular weight is 291 g/mol. The summed E-state index contributed by atoms with van der Waals surface area (Å²) < 4.78 is 0. The largest absolute Gasteiger partial charge is 4.00 e. The Bertz CT molecular complexity index is 162. The number of hydrogen-bond donors (Lipinski definition) is 0. The molecule has 0 aliphatic heterocycles. The Hall–Kier alpha value is -1.60. The summed E-state index contributed by atoms with van der Waals surface area (Å²) in [7, 11) is 0. The van der Waals surface area contributed by atoms with Gasteiger partial charge in [0.15, 0.2) is 0 Å². The molecular formula is C8H12MnO8. The number of carboxylic acid groups (broad SMARTS) is 4. The molecule has 0 aliphatic carbocycles. The third-order valence-corrected chi connectivity index (χ3v) is 0. The van der Waals surface area contributed by atoms with Crippen molar-refractivity contribution in [2.24, 2.45) is 0 Å². The molecule has 0 aromatic carbocycles. The van der Waals surface area contributed by atoms with Gasteiger partial charge in [-0.25, -0.2) is 0 Å². The van der Waals surface area contributed by atoms with Crippen molar-refractivity contribution >= 4 is 23.9 Å². The van der Waals surface area contributed by atoms with E-state index in [0.29, 0.717) is 0 Å². The topological polar surface area (TPSA) is 161 Å². The molecule has 17 heavy (non-hydrogen) atoms. The zero-order chi connectivity index (χ0) is 14.3. The van der Waals surface area contributed by atoms with Crippen LogP contribution < -0.4 is 20.4 Å². The van der Waals surface area contributed by atoms with Gasteiger partial charge in [0.05, 0.1) is 0 Å². The van der Waals surface area contributed by atoms with E-state index in [0.717, 1.165) is 27.7 Å². The first kappa shape index (κ1) is 29.5. The number of carbonyl (C=O) groups is 4. The second kappa shape index (κ2) is 23.9. The minimum Gasteiger partial charge on any atom is -0.550 e. The third kappa shape index (κ3) is 864. The van der Waals surface area contributed by atoms with Crippen LogP contribution in [0.2, 0.25) is 0 Å². The molecule has 0 heterocycles. The van der Waals surface area contributed by atoms with Crippen LogP contribution in [0.1, 0.15) is 27.7 Å². The van der Waals surface area contributed by atoms with Gasteiger partial charge in [0, 0.05) is 23.9 Å². The number of aliphatic carboxylic acids is 4. The van der Waals surface area contributed by atoms with Crippen molar-refractivity contribution in [1.29, 1.82) is 0 Å². The third-order valence-electron chi connectivity index (χ3n) is 0.